The summed E-state index contributed by atoms with van der Waals surface area (Å²) in [5, 5.41) is 15.3. The predicted octanol–water partition coefficient (Wildman–Crippen LogP) is 3.89. The molecule has 0 radical (unpaired) electrons. The maximum Gasteiger partial charge on any atom is 0.101 e. The molecule has 2 unspecified atom stereocenters. The predicted molar refractivity (Wildman–Crippen MR) is 79.8 cm³/mol. The van der Waals surface area contributed by atoms with Crippen molar-refractivity contribution in [2.24, 2.45) is 0 Å². The van der Waals surface area contributed by atoms with Gasteiger partial charge in [-0.05, 0) is 36.1 Å². The van der Waals surface area contributed by atoms with Gasteiger partial charge in [0.1, 0.15) is 6.10 Å². The minimum absolute atomic E-state index is 0.220. The maximum atomic E-state index is 10.00. The normalized spacial score (nSPS) is 14.4. The third-order valence-electron chi connectivity index (χ3n) is 2.84. The third kappa shape index (κ3) is 3.65. The summed E-state index contributed by atoms with van der Waals surface area (Å²) in [4.78, 5) is 1.00. The highest BCUT2D eigenvalue weighted by Gasteiger charge is 2.11. The zero-order valence-electron chi connectivity index (χ0n) is 10.1. The van der Waals surface area contributed by atoms with Crippen LogP contribution < -0.4 is 5.32 Å². The van der Waals surface area contributed by atoms with Crippen LogP contribution in [0.2, 0.25) is 0 Å². The van der Waals surface area contributed by atoms with E-state index >= 15 is 0 Å². The average molecular weight is 326 g/mol. The zero-order valence-corrected chi connectivity index (χ0v) is 12.5. The van der Waals surface area contributed by atoms with Gasteiger partial charge in [-0.2, -0.15) is 0 Å². The van der Waals surface area contributed by atoms with E-state index in [0.717, 1.165) is 9.35 Å². The average Bonchev–Trinajstić information content (AvgIpc) is 2.89. The van der Waals surface area contributed by atoms with Gasteiger partial charge >= 0.3 is 0 Å². The largest absolute Gasteiger partial charge is 0.386 e. The number of aliphatic hydroxyl groups excluding tert-OH is 1. The summed E-state index contributed by atoms with van der Waals surface area (Å²) in [7, 11) is 0. The second kappa shape index (κ2) is 6.48. The lowest BCUT2D eigenvalue weighted by Gasteiger charge is -2.17. The molecular formula is C14H16BrNOS. The van der Waals surface area contributed by atoms with Gasteiger partial charge < -0.3 is 10.4 Å². The van der Waals surface area contributed by atoms with Gasteiger partial charge in [-0.25, -0.2) is 0 Å². The molecule has 0 aliphatic carbocycles. The molecule has 4 heteroatoms. The van der Waals surface area contributed by atoms with Gasteiger partial charge in [0.05, 0.1) is 0 Å². The molecule has 0 bridgehead atoms. The highest BCUT2D eigenvalue weighted by atomic mass is 79.9. The molecule has 2 atom stereocenters. The topological polar surface area (TPSA) is 32.3 Å². The first-order valence-corrected chi connectivity index (χ1v) is 7.54. The molecule has 2 N–H and O–H groups in total. The Hall–Kier alpha value is -0.680. The van der Waals surface area contributed by atoms with Crippen LogP contribution in [0.25, 0.3) is 0 Å². The second-order valence-electron chi connectivity index (χ2n) is 4.22. The Kier molecular flexibility index (Phi) is 4.95. The summed E-state index contributed by atoms with van der Waals surface area (Å²) in [5.74, 6) is 0. The van der Waals surface area contributed by atoms with E-state index in [-0.39, 0.29) is 6.04 Å². The molecular weight excluding hydrogens is 310 g/mol. The third-order valence-corrected chi connectivity index (χ3v) is 4.30. The monoisotopic (exact) mass is 325 g/mol. The highest BCUT2D eigenvalue weighted by Crippen LogP contribution is 2.21. The molecule has 0 saturated carbocycles. The van der Waals surface area contributed by atoms with Gasteiger partial charge in [0.25, 0.3) is 0 Å². The summed E-state index contributed by atoms with van der Waals surface area (Å²) in [6, 6.07) is 12.3. The Morgan fingerprint density at radius 3 is 2.83 bits per heavy atom. The van der Waals surface area contributed by atoms with E-state index in [1.807, 2.05) is 29.6 Å². The fraction of sp³-hybridized carbons (Fsp3) is 0.286. The van der Waals surface area contributed by atoms with Gasteiger partial charge in [-0.1, -0.05) is 34.1 Å². The van der Waals surface area contributed by atoms with Crippen molar-refractivity contribution in [3.05, 3.63) is 56.7 Å². The van der Waals surface area contributed by atoms with Crippen molar-refractivity contribution in [1.29, 1.82) is 0 Å². The van der Waals surface area contributed by atoms with Gasteiger partial charge in [0.15, 0.2) is 0 Å². The van der Waals surface area contributed by atoms with Crippen LogP contribution in [0, 0.1) is 0 Å². The lowest BCUT2D eigenvalue weighted by molar-refractivity contribution is 0.174. The Morgan fingerprint density at radius 2 is 2.17 bits per heavy atom. The minimum Gasteiger partial charge on any atom is -0.386 e. The zero-order chi connectivity index (χ0) is 13.0. The molecule has 0 amide bonds. The first-order chi connectivity index (χ1) is 8.66. The number of hydrogen-bond donors (Lipinski definition) is 2. The van der Waals surface area contributed by atoms with Crippen molar-refractivity contribution in [2.45, 2.75) is 19.1 Å². The highest BCUT2D eigenvalue weighted by molar-refractivity contribution is 9.10. The van der Waals surface area contributed by atoms with Crippen LogP contribution >= 0.6 is 27.3 Å². The van der Waals surface area contributed by atoms with Crippen molar-refractivity contribution in [3.8, 4) is 0 Å². The smallest absolute Gasteiger partial charge is 0.101 e. The first kappa shape index (κ1) is 13.7. The molecule has 0 fully saturated rings. The number of nitrogens with one attached hydrogen (secondary N) is 1. The van der Waals surface area contributed by atoms with Crippen LogP contribution in [-0.4, -0.2) is 11.7 Å². The summed E-state index contributed by atoms with van der Waals surface area (Å²) >= 11 is 5.05. The number of aliphatic hydroxyl groups is 1. The van der Waals surface area contributed by atoms with Crippen LogP contribution in [0.15, 0.2) is 46.3 Å². The summed E-state index contributed by atoms with van der Waals surface area (Å²) in [6.07, 6.45) is -0.431. The quantitative estimate of drug-likeness (QED) is 0.873. The van der Waals surface area contributed by atoms with Gasteiger partial charge in [0, 0.05) is 21.9 Å². The van der Waals surface area contributed by atoms with E-state index < -0.39 is 6.10 Å². The van der Waals surface area contributed by atoms with E-state index in [1.54, 1.807) is 11.3 Å². The Morgan fingerprint density at radius 1 is 1.33 bits per heavy atom. The number of halogens is 1. The number of benzene rings is 1. The van der Waals surface area contributed by atoms with E-state index in [9.17, 15) is 5.11 Å². The maximum absolute atomic E-state index is 10.00. The van der Waals surface area contributed by atoms with E-state index in [2.05, 4.69) is 40.3 Å². The van der Waals surface area contributed by atoms with Crippen LogP contribution in [0.4, 0.5) is 0 Å². The van der Waals surface area contributed by atoms with Crippen LogP contribution in [-0.2, 0) is 0 Å². The van der Waals surface area contributed by atoms with Crippen molar-refractivity contribution in [1.82, 2.24) is 5.32 Å². The van der Waals surface area contributed by atoms with Crippen molar-refractivity contribution in [2.75, 3.05) is 6.54 Å². The second-order valence-corrected chi connectivity index (χ2v) is 6.11. The van der Waals surface area contributed by atoms with Crippen LogP contribution in [0.5, 0.6) is 0 Å². The SMILES string of the molecule is CC(NCC(O)c1cccs1)c1cccc(Br)c1. The summed E-state index contributed by atoms with van der Waals surface area (Å²) < 4.78 is 1.08. The first-order valence-electron chi connectivity index (χ1n) is 5.87. The Bertz CT molecular complexity index is 486. The van der Waals surface area contributed by atoms with Crippen LogP contribution in [0.1, 0.15) is 29.5 Å². The molecule has 1 aromatic heterocycles. The lowest BCUT2D eigenvalue weighted by Crippen LogP contribution is -2.24. The van der Waals surface area contributed by atoms with Crippen molar-refractivity contribution < 1.29 is 5.11 Å². The standard InChI is InChI=1S/C14H16BrNOS/c1-10(11-4-2-5-12(15)8-11)16-9-13(17)14-6-3-7-18-14/h2-8,10,13,16-17H,9H2,1H3. The van der Waals surface area contributed by atoms with E-state index in [1.165, 1.54) is 5.56 Å². The number of thiophene rings is 1. The van der Waals surface area contributed by atoms with Crippen LogP contribution in [0.3, 0.4) is 0 Å². The Balaban J connectivity index is 1.90. The van der Waals surface area contributed by atoms with Gasteiger partial charge in [-0.15, -0.1) is 11.3 Å². The summed E-state index contributed by atoms with van der Waals surface area (Å²) in [6.45, 7) is 2.66. The summed E-state index contributed by atoms with van der Waals surface area (Å²) in [5.41, 5.74) is 1.21. The lowest BCUT2D eigenvalue weighted by atomic mass is 10.1. The number of hydrogen-bond acceptors (Lipinski definition) is 3. The number of rotatable bonds is 5. The Labute approximate surface area is 120 Å². The molecule has 2 rings (SSSR count). The van der Waals surface area contributed by atoms with Gasteiger partial charge in [-0.3, -0.25) is 0 Å². The van der Waals surface area contributed by atoms with Crippen molar-refractivity contribution in [3.63, 3.8) is 0 Å². The minimum atomic E-state index is -0.431. The molecule has 1 heterocycles. The molecule has 0 saturated heterocycles. The molecule has 2 nitrogen and oxygen atoms in total. The fourth-order valence-electron chi connectivity index (χ4n) is 1.76. The van der Waals surface area contributed by atoms with E-state index in [4.69, 9.17) is 0 Å². The molecule has 2 aromatic rings. The molecule has 0 spiro atoms. The molecule has 18 heavy (non-hydrogen) atoms. The van der Waals surface area contributed by atoms with Crippen molar-refractivity contribution >= 4 is 27.3 Å². The molecule has 0 aliphatic rings. The van der Waals surface area contributed by atoms with Gasteiger partial charge in [0.2, 0.25) is 0 Å². The molecule has 96 valence electrons. The molecule has 1 aromatic carbocycles. The van der Waals surface area contributed by atoms with E-state index in [0.29, 0.717) is 6.54 Å². The molecule has 0 aliphatic heterocycles. The fourth-order valence-corrected chi connectivity index (χ4v) is 2.89.